The number of aromatic nitrogens is 2. The highest BCUT2D eigenvalue weighted by atomic mass is 16.5. The van der Waals surface area contributed by atoms with E-state index in [0.29, 0.717) is 24.5 Å². The molecule has 0 radical (unpaired) electrons. The fourth-order valence-electron chi connectivity index (χ4n) is 4.73. The molecule has 0 saturated heterocycles. The van der Waals surface area contributed by atoms with E-state index in [9.17, 15) is 9.90 Å². The molecule has 2 aliphatic rings. The van der Waals surface area contributed by atoms with E-state index in [2.05, 4.69) is 32.3 Å². The molecule has 0 bridgehead atoms. The summed E-state index contributed by atoms with van der Waals surface area (Å²) in [6.07, 6.45) is 11.6. The van der Waals surface area contributed by atoms with Gasteiger partial charge in [-0.15, -0.1) is 0 Å². The molecule has 5 rings (SSSR count). The number of fused-ring (bicyclic) bond motifs is 1. The SMILES string of the molecule is O=C(NC[C@H](O)CN1CCc2cc(OCc3cnco3)ccc2C1)c1cncc(CC2CCC2)c1. The van der Waals surface area contributed by atoms with Gasteiger partial charge in [0.15, 0.2) is 12.2 Å². The first-order valence-electron chi connectivity index (χ1n) is 12.4. The highest BCUT2D eigenvalue weighted by molar-refractivity contribution is 5.94. The Morgan fingerprint density at radius 2 is 2.11 bits per heavy atom. The first-order valence-corrected chi connectivity index (χ1v) is 12.4. The quantitative estimate of drug-likeness (QED) is 0.464. The number of ether oxygens (including phenoxy) is 1. The number of hydrogen-bond donors (Lipinski definition) is 2. The van der Waals surface area contributed by atoms with Crippen LogP contribution in [0.2, 0.25) is 0 Å². The van der Waals surface area contributed by atoms with E-state index in [1.165, 1.54) is 36.8 Å². The number of amides is 1. The molecule has 2 N–H and O–H groups in total. The number of β-amino-alcohol motifs (C(OH)–C–C–N with tert-alkyl or cyclic N) is 1. The normalized spacial score (nSPS) is 16.8. The standard InChI is InChI=1S/C27H32N4O4/c32-24(13-30-27(33)23-9-20(11-28-12-23)8-19-2-1-3-19)16-31-7-6-21-10-25(5-4-22(21)15-31)34-17-26-14-29-18-35-26/h4-5,9-12,14,18-19,24,32H,1-3,6-8,13,15-17H2,(H,30,33)/t24-/m0/s1. The molecule has 1 aromatic carbocycles. The third-order valence-electron chi connectivity index (χ3n) is 6.91. The highest BCUT2D eigenvalue weighted by Crippen LogP contribution is 2.29. The van der Waals surface area contributed by atoms with Crippen LogP contribution in [0.25, 0.3) is 0 Å². The Morgan fingerprint density at radius 1 is 1.20 bits per heavy atom. The smallest absolute Gasteiger partial charge is 0.252 e. The summed E-state index contributed by atoms with van der Waals surface area (Å²) in [7, 11) is 0. The van der Waals surface area contributed by atoms with E-state index in [4.69, 9.17) is 9.15 Å². The number of nitrogens with zero attached hydrogens (tertiary/aromatic N) is 3. The summed E-state index contributed by atoms with van der Waals surface area (Å²) in [5.74, 6) is 2.04. The number of hydrogen-bond acceptors (Lipinski definition) is 7. The third-order valence-corrected chi connectivity index (χ3v) is 6.91. The maximum absolute atomic E-state index is 12.6. The largest absolute Gasteiger partial charge is 0.486 e. The first-order chi connectivity index (χ1) is 17.1. The van der Waals surface area contributed by atoms with Crippen molar-refractivity contribution in [2.45, 2.75) is 51.4 Å². The summed E-state index contributed by atoms with van der Waals surface area (Å²) in [6.45, 7) is 2.67. The molecule has 1 fully saturated rings. The fraction of sp³-hybridized carbons (Fsp3) is 0.444. The lowest BCUT2D eigenvalue weighted by atomic mass is 9.81. The second-order valence-electron chi connectivity index (χ2n) is 9.62. The number of aliphatic hydroxyl groups is 1. The second kappa shape index (κ2) is 11.0. The number of carbonyl (C=O) groups is 1. The topological polar surface area (TPSA) is 101 Å². The molecule has 1 aliphatic carbocycles. The predicted octanol–water partition coefficient (Wildman–Crippen LogP) is 3.14. The van der Waals surface area contributed by atoms with Crippen LogP contribution in [0.3, 0.4) is 0 Å². The maximum Gasteiger partial charge on any atom is 0.252 e. The summed E-state index contributed by atoms with van der Waals surface area (Å²) in [4.78, 5) is 22.9. The number of aliphatic hydroxyl groups excluding tert-OH is 1. The van der Waals surface area contributed by atoms with Gasteiger partial charge in [-0.3, -0.25) is 14.7 Å². The highest BCUT2D eigenvalue weighted by Gasteiger charge is 2.21. The zero-order valence-corrected chi connectivity index (χ0v) is 19.9. The van der Waals surface area contributed by atoms with E-state index >= 15 is 0 Å². The zero-order valence-electron chi connectivity index (χ0n) is 19.9. The van der Waals surface area contributed by atoms with Crippen LogP contribution < -0.4 is 10.1 Å². The maximum atomic E-state index is 12.6. The Kier molecular flexibility index (Phi) is 7.39. The van der Waals surface area contributed by atoms with E-state index in [0.717, 1.165) is 43.2 Å². The van der Waals surface area contributed by atoms with Crippen LogP contribution in [0, 0.1) is 5.92 Å². The number of nitrogens with one attached hydrogen (secondary N) is 1. The lowest BCUT2D eigenvalue weighted by Crippen LogP contribution is -2.42. The second-order valence-corrected chi connectivity index (χ2v) is 9.62. The Labute approximate surface area is 205 Å². The number of rotatable bonds is 10. The van der Waals surface area contributed by atoms with Crippen LogP contribution in [0.4, 0.5) is 0 Å². The Morgan fingerprint density at radius 3 is 2.91 bits per heavy atom. The van der Waals surface area contributed by atoms with Crippen LogP contribution in [0.5, 0.6) is 5.75 Å². The van der Waals surface area contributed by atoms with Crippen molar-refractivity contribution in [1.29, 1.82) is 0 Å². The molecule has 184 valence electrons. The summed E-state index contributed by atoms with van der Waals surface area (Å²) in [6, 6.07) is 8.04. The monoisotopic (exact) mass is 476 g/mol. The third kappa shape index (κ3) is 6.26. The summed E-state index contributed by atoms with van der Waals surface area (Å²) >= 11 is 0. The average Bonchev–Trinajstić information content (AvgIpc) is 3.37. The molecular weight excluding hydrogens is 444 g/mol. The molecule has 3 aromatic rings. The molecule has 1 aliphatic heterocycles. The van der Waals surface area contributed by atoms with Crippen molar-refractivity contribution in [1.82, 2.24) is 20.2 Å². The number of carbonyl (C=O) groups excluding carboxylic acids is 1. The van der Waals surface area contributed by atoms with Crippen molar-refractivity contribution in [2.75, 3.05) is 19.6 Å². The predicted molar refractivity (Wildman–Crippen MR) is 130 cm³/mol. The lowest BCUT2D eigenvalue weighted by Gasteiger charge is -2.30. The Balaban J connectivity index is 1.07. The van der Waals surface area contributed by atoms with Gasteiger partial charge in [0, 0.05) is 38.6 Å². The van der Waals surface area contributed by atoms with Gasteiger partial charge in [-0.05, 0) is 53.6 Å². The molecule has 2 aromatic heterocycles. The van der Waals surface area contributed by atoms with Gasteiger partial charge in [-0.1, -0.05) is 25.3 Å². The molecule has 8 heteroatoms. The van der Waals surface area contributed by atoms with Gasteiger partial charge < -0.3 is 19.6 Å². The van der Waals surface area contributed by atoms with Gasteiger partial charge >= 0.3 is 0 Å². The molecule has 1 saturated carbocycles. The zero-order chi connectivity index (χ0) is 24.0. The van der Waals surface area contributed by atoms with E-state index < -0.39 is 6.10 Å². The molecule has 1 amide bonds. The average molecular weight is 477 g/mol. The molecule has 0 spiro atoms. The first kappa shape index (κ1) is 23.5. The van der Waals surface area contributed by atoms with Crippen molar-refractivity contribution >= 4 is 5.91 Å². The van der Waals surface area contributed by atoms with Crippen molar-refractivity contribution in [2.24, 2.45) is 5.92 Å². The minimum absolute atomic E-state index is 0.186. The van der Waals surface area contributed by atoms with Crippen LogP contribution in [-0.2, 0) is 26.0 Å². The Bertz CT molecular complexity index is 1130. The molecule has 0 unspecified atom stereocenters. The molecular formula is C27H32N4O4. The van der Waals surface area contributed by atoms with Gasteiger partial charge in [-0.25, -0.2) is 4.98 Å². The van der Waals surface area contributed by atoms with Gasteiger partial charge in [0.05, 0.1) is 17.9 Å². The van der Waals surface area contributed by atoms with Gasteiger partial charge in [-0.2, -0.15) is 0 Å². The van der Waals surface area contributed by atoms with Gasteiger partial charge in [0.25, 0.3) is 5.91 Å². The molecule has 8 nitrogen and oxygen atoms in total. The molecule has 35 heavy (non-hydrogen) atoms. The number of oxazole rings is 1. The van der Waals surface area contributed by atoms with Crippen LogP contribution >= 0.6 is 0 Å². The fourth-order valence-corrected chi connectivity index (χ4v) is 4.73. The van der Waals surface area contributed by atoms with Crippen LogP contribution in [0.1, 0.15) is 52.1 Å². The summed E-state index contributed by atoms with van der Waals surface area (Å²) < 4.78 is 11.0. The summed E-state index contributed by atoms with van der Waals surface area (Å²) in [5.41, 5.74) is 4.16. The minimum Gasteiger partial charge on any atom is -0.486 e. The van der Waals surface area contributed by atoms with Crippen molar-refractivity contribution in [3.63, 3.8) is 0 Å². The molecule has 1 atom stereocenters. The van der Waals surface area contributed by atoms with Crippen molar-refractivity contribution < 1.29 is 19.1 Å². The van der Waals surface area contributed by atoms with Crippen LogP contribution in [0.15, 0.2) is 53.7 Å². The summed E-state index contributed by atoms with van der Waals surface area (Å²) in [5, 5.41) is 13.4. The Hall–Kier alpha value is -3.23. The number of benzene rings is 1. The molecule has 3 heterocycles. The van der Waals surface area contributed by atoms with Crippen LogP contribution in [-0.4, -0.2) is 51.6 Å². The van der Waals surface area contributed by atoms with Gasteiger partial charge in [0.2, 0.25) is 0 Å². The van der Waals surface area contributed by atoms with E-state index in [1.54, 1.807) is 12.4 Å². The van der Waals surface area contributed by atoms with Crippen molar-refractivity contribution in [3.05, 3.63) is 77.3 Å². The van der Waals surface area contributed by atoms with Crippen molar-refractivity contribution in [3.8, 4) is 5.75 Å². The minimum atomic E-state index is -0.642. The van der Waals surface area contributed by atoms with E-state index in [-0.39, 0.29) is 12.5 Å². The lowest BCUT2D eigenvalue weighted by molar-refractivity contribution is 0.0841. The number of pyridine rings is 1. The van der Waals surface area contributed by atoms with Gasteiger partial charge in [0.1, 0.15) is 12.4 Å². The van der Waals surface area contributed by atoms with E-state index in [1.807, 2.05) is 18.3 Å².